The molecule has 4 heteroatoms. The zero-order valence-electron chi connectivity index (χ0n) is 9.17. The van der Waals surface area contributed by atoms with E-state index in [0.717, 1.165) is 13.0 Å². The molecule has 16 heavy (non-hydrogen) atoms. The molecule has 2 nitrogen and oxygen atoms in total. The van der Waals surface area contributed by atoms with Crippen molar-refractivity contribution in [3.63, 3.8) is 0 Å². The zero-order valence-corrected chi connectivity index (χ0v) is 9.93. The third-order valence-corrected chi connectivity index (χ3v) is 3.18. The molecular weight excluding hydrogens is 229 g/mol. The molecule has 0 aromatic heterocycles. The van der Waals surface area contributed by atoms with E-state index >= 15 is 0 Å². The molecular formula is C12H15ClFNO. The van der Waals surface area contributed by atoms with Gasteiger partial charge in [0.25, 0.3) is 0 Å². The lowest BCUT2D eigenvalue weighted by atomic mass is 9.95. The molecule has 1 fully saturated rings. The normalized spacial score (nSPS) is 24.9. The van der Waals surface area contributed by atoms with E-state index in [1.165, 1.54) is 6.07 Å². The highest BCUT2D eigenvalue weighted by atomic mass is 35.5. The van der Waals surface area contributed by atoms with Gasteiger partial charge >= 0.3 is 0 Å². The van der Waals surface area contributed by atoms with Crippen molar-refractivity contribution in [2.75, 3.05) is 20.2 Å². The molecule has 1 aromatic carbocycles. The van der Waals surface area contributed by atoms with Gasteiger partial charge in [0.05, 0.1) is 6.10 Å². The van der Waals surface area contributed by atoms with Gasteiger partial charge in [-0.05, 0) is 25.6 Å². The minimum atomic E-state index is -0.277. The summed E-state index contributed by atoms with van der Waals surface area (Å²) in [7, 11) is 1.90. The number of hydrogen-bond donors (Lipinski definition) is 1. The summed E-state index contributed by atoms with van der Waals surface area (Å²) in [6, 6.07) is 4.77. The summed E-state index contributed by atoms with van der Waals surface area (Å²) in [5, 5.41) is 3.53. The Labute approximate surface area is 99.7 Å². The van der Waals surface area contributed by atoms with Gasteiger partial charge in [0.15, 0.2) is 0 Å². The topological polar surface area (TPSA) is 21.3 Å². The van der Waals surface area contributed by atoms with Crippen LogP contribution < -0.4 is 5.32 Å². The summed E-state index contributed by atoms with van der Waals surface area (Å²) in [4.78, 5) is 0. The predicted molar refractivity (Wildman–Crippen MR) is 62.1 cm³/mol. The number of benzene rings is 1. The van der Waals surface area contributed by atoms with Crippen LogP contribution in [0.4, 0.5) is 4.39 Å². The first kappa shape index (κ1) is 11.8. The average Bonchev–Trinajstić information content (AvgIpc) is 2.67. The highest BCUT2D eigenvalue weighted by molar-refractivity contribution is 6.30. The Bertz CT molecular complexity index is 372. The fraction of sp³-hybridized carbons (Fsp3) is 0.500. The Kier molecular flexibility index (Phi) is 3.79. The highest BCUT2D eigenvalue weighted by Crippen LogP contribution is 2.35. The van der Waals surface area contributed by atoms with Crippen molar-refractivity contribution in [3.8, 4) is 0 Å². The van der Waals surface area contributed by atoms with E-state index < -0.39 is 0 Å². The lowest BCUT2D eigenvalue weighted by molar-refractivity contribution is 0.0879. The SMILES string of the molecule is CNCC1CCOC1c1ccc(Cl)cc1F. The molecule has 2 unspecified atom stereocenters. The molecule has 2 rings (SSSR count). The molecule has 0 amide bonds. The Morgan fingerprint density at radius 3 is 3.06 bits per heavy atom. The fourth-order valence-corrected chi connectivity index (χ4v) is 2.34. The number of hydrogen-bond acceptors (Lipinski definition) is 2. The van der Waals surface area contributed by atoms with Crippen molar-refractivity contribution in [1.82, 2.24) is 5.32 Å². The molecule has 0 aliphatic carbocycles. The van der Waals surface area contributed by atoms with Gasteiger partial charge in [0.1, 0.15) is 5.82 Å². The molecule has 1 N–H and O–H groups in total. The van der Waals surface area contributed by atoms with Crippen LogP contribution in [-0.4, -0.2) is 20.2 Å². The second-order valence-corrected chi connectivity index (χ2v) is 4.50. The minimum absolute atomic E-state index is 0.148. The molecule has 88 valence electrons. The van der Waals surface area contributed by atoms with Crippen molar-refractivity contribution in [1.29, 1.82) is 0 Å². The molecule has 0 saturated carbocycles. The van der Waals surface area contributed by atoms with Gasteiger partial charge in [-0.1, -0.05) is 17.7 Å². The number of rotatable bonds is 3. The first-order valence-corrected chi connectivity index (χ1v) is 5.81. The van der Waals surface area contributed by atoms with Crippen molar-refractivity contribution in [3.05, 3.63) is 34.6 Å². The van der Waals surface area contributed by atoms with Crippen LogP contribution in [0.25, 0.3) is 0 Å². The van der Waals surface area contributed by atoms with Crippen LogP contribution in [0.3, 0.4) is 0 Å². The van der Waals surface area contributed by atoms with E-state index in [4.69, 9.17) is 16.3 Å². The van der Waals surface area contributed by atoms with Crippen LogP contribution in [-0.2, 0) is 4.74 Å². The molecule has 1 saturated heterocycles. The zero-order chi connectivity index (χ0) is 11.5. The van der Waals surface area contributed by atoms with Gasteiger partial charge in [0.2, 0.25) is 0 Å². The Morgan fingerprint density at radius 1 is 1.56 bits per heavy atom. The van der Waals surface area contributed by atoms with Crippen LogP contribution in [0, 0.1) is 11.7 Å². The monoisotopic (exact) mass is 243 g/mol. The maximum absolute atomic E-state index is 13.7. The van der Waals surface area contributed by atoms with Gasteiger partial charge in [-0.15, -0.1) is 0 Å². The molecule has 1 aromatic rings. The molecule has 1 aliphatic heterocycles. The van der Waals surface area contributed by atoms with E-state index in [0.29, 0.717) is 23.1 Å². The van der Waals surface area contributed by atoms with Crippen LogP contribution >= 0.6 is 11.6 Å². The number of ether oxygens (including phenoxy) is 1. The predicted octanol–water partition coefficient (Wildman–Crippen LogP) is 2.78. The summed E-state index contributed by atoms with van der Waals surface area (Å²) < 4.78 is 19.3. The maximum Gasteiger partial charge on any atom is 0.130 e. The second-order valence-electron chi connectivity index (χ2n) is 4.06. The van der Waals surface area contributed by atoms with Gasteiger partial charge in [0, 0.05) is 29.7 Å². The number of halogens is 2. The Balaban J connectivity index is 2.22. The lowest BCUT2D eigenvalue weighted by Crippen LogP contribution is -2.22. The van der Waals surface area contributed by atoms with E-state index in [9.17, 15) is 4.39 Å². The third-order valence-electron chi connectivity index (χ3n) is 2.95. The van der Waals surface area contributed by atoms with E-state index in [-0.39, 0.29) is 11.9 Å². The summed E-state index contributed by atoms with van der Waals surface area (Å²) in [5.74, 6) is 0.0566. The van der Waals surface area contributed by atoms with E-state index in [1.807, 2.05) is 7.05 Å². The summed E-state index contributed by atoms with van der Waals surface area (Å²) in [5.41, 5.74) is 0.613. The molecule has 0 spiro atoms. The van der Waals surface area contributed by atoms with Crippen LogP contribution in [0.5, 0.6) is 0 Å². The molecule has 2 atom stereocenters. The smallest absolute Gasteiger partial charge is 0.130 e. The third kappa shape index (κ3) is 2.37. The minimum Gasteiger partial charge on any atom is -0.373 e. The maximum atomic E-state index is 13.7. The summed E-state index contributed by atoms with van der Waals surface area (Å²) in [6.07, 6.45) is 0.817. The first-order valence-electron chi connectivity index (χ1n) is 5.43. The van der Waals surface area contributed by atoms with Crippen LogP contribution in [0.1, 0.15) is 18.1 Å². The first-order chi connectivity index (χ1) is 7.72. The average molecular weight is 244 g/mol. The fourth-order valence-electron chi connectivity index (χ4n) is 2.18. The molecule has 1 aliphatic rings. The summed E-state index contributed by atoms with van der Waals surface area (Å²) in [6.45, 7) is 1.53. The van der Waals surface area contributed by atoms with Crippen LogP contribution in [0.2, 0.25) is 5.02 Å². The van der Waals surface area contributed by atoms with Crippen molar-refractivity contribution in [2.24, 2.45) is 5.92 Å². The van der Waals surface area contributed by atoms with Crippen molar-refractivity contribution < 1.29 is 9.13 Å². The van der Waals surface area contributed by atoms with Gasteiger partial charge in [-0.3, -0.25) is 0 Å². The van der Waals surface area contributed by atoms with Crippen molar-refractivity contribution in [2.45, 2.75) is 12.5 Å². The van der Waals surface area contributed by atoms with Gasteiger partial charge in [-0.2, -0.15) is 0 Å². The van der Waals surface area contributed by atoms with Gasteiger partial charge < -0.3 is 10.1 Å². The molecule has 0 radical (unpaired) electrons. The second kappa shape index (κ2) is 5.13. The summed E-state index contributed by atoms with van der Waals surface area (Å²) >= 11 is 5.73. The Morgan fingerprint density at radius 2 is 2.38 bits per heavy atom. The van der Waals surface area contributed by atoms with E-state index in [2.05, 4.69) is 5.32 Å². The van der Waals surface area contributed by atoms with Crippen LogP contribution in [0.15, 0.2) is 18.2 Å². The van der Waals surface area contributed by atoms with Gasteiger partial charge in [-0.25, -0.2) is 4.39 Å². The lowest BCUT2D eigenvalue weighted by Gasteiger charge is -2.19. The number of nitrogens with one attached hydrogen (secondary N) is 1. The van der Waals surface area contributed by atoms with E-state index in [1.54, 1.807) is 12.1 Å². The Hall–Kier alpha value is -0.640. The molecule has 1 heterocycles. The highest BCUT2D eigenvalue weighted by Gasteiger charge is 2.30. The largest absolute Gasteiger partial charge is 0.373 e. The quantitative estimate of drug-likeness (QED) is 0.882. The standard InChI is InChI=1S/C12H15ClFNO/c1-15-7-8-4-5-16-12(8)10-3-2-9(13)6-11(10)14/h2-3,6,8,12,15H,4-5,7H2,1H3. The van der Waals surface area contributed by atoms with Crippen molar-refractivity contribution >= 4 is 11.6 Å². The molecule has 0 bridgehead atoms.